The number of aromatic carboxylic acids is 1. The van der Waals surface area contributed by atoms with Crippen molar-refractivity contribution in [1.82, 2.24) is 14.8 Å². The van der Waals surface area contributed by atoms with Crippen molar-refractivity contribution in [2.45, 2.75) is 38.6 Å². The van der Waals surface area contributed by atoms with Crippen LogP contribution in [0.4, 0.5) is 0 Å². The van der Waals surface area contributed by atoms with Gasteiger partial charge in [-0.25, -0.2) is 14.5 Å². The molecule has 0 aliphatic heterocycles. The van der Waals surface area contributed by atoms with E-state index in [0.29, 0.717) is 18.5 Å². The van der Waals surface area contributed by atoms with Crippen molar-refractivity contribution in [3.63, 3.8) is 0 Å². The second-order valence-electron chi connectivity index (χ2n) is 7.21. The van der Waals surface area contributed by atoms with Crippen LogP contribution in [-0.4, -0.2) is 25.8 Å². The number of rotatable bonds is 11. The van der Waals surface area contributed by atoms with Gasteiger partial charge in [0.1, 0.15) is 5.82 Å². The Morgan fingerprint density at radius 3 is 2.33 bits per heavy atom. The summed E-state index contributed by atoms with van der Waals surface area (Å²) in [4.78, 5) is 16.1. The van der Waals surface area contributed by atoms with E-state index in [1.807, 2.05) is 41.1 Å². The number of carboxylic acids is 1. The van der Waals surface area contributed by atoms with Crippen LogP contribution in [0, 0.1) is 0 Å². The topological polar surface area (TPSA) is 68.0 Å². The van der Waals surface area contributed by atoms with Crippen molar-refractivity contribution in [3.05, 3.63) is 108 Å². The summed E-state index contributed by atoms with van der Waals surface area (Å²) < 4.78 is 1.97. The molecule has 0 fully saturated rings. The van der Waals surface area contributed by atoms with Gasteiger partial charge in [-0.05, 0) is 42.0 Å². The summed E-state index contributed by atoms with van der Waals surface area (Å²) in [6.07, 6.45) is 7.69. The molecule has 3 aromatic rings. The highest BCUT2D eigenvalue weighted by Crippen LogP contribution is 2.16. The number of nitrogens with zero attached hydrogens (tertiary/aromatic N) is 3. The first-order chi connectivity index (χ1) is 14.6. The van der Waals surface area contributed by atoms with Crippen LogP contribution >= 0.6 is 0 Å². The number of hydrogen-bond acceptors (Lipinski definition) is 3. The lowest BCUT2D eigenvalue weighted by atomic mass is 9.99. The van der Waals surface area contributed by atoms with Crippen molar-refractivity contribution < 1.29 is 9.90 Å². The van der Waals surface area contributed by atoms with Crippen LogP contribution in [0.1, 0.15) is 51.5 Å². The molecule has 0 aliphatic rings. The number of benzene rings is 2. The fraction of sp³-hybridized carbons (Fsp3) is 0.240. The quantitative estimate of drug-likeness (QED) is 0.466. The van der Waals surface area contributed by atoms with E-state index in [2.05, 4.69) is 35.4 Å². The highest BCUT2D eigenvalue weighted by atomic mass is 16.4. The molecule has 154 valence electrons. The molecule has 30 heavy (non-hydrogen) atoms. The Hall–Kier alpha value is -3.47. The molecule has 1 heterocycles. The molecule has 3 rings (SSSR count). The maximum absolute atomic E-state index is 11.4. The van der Waals surface area contributed by atoms with Gasteiger partial charge in [0.25, 0.3) is 0 Å². The highest BCUT2D eigenvalue weighted by Gasteiger charge is 2.11. The summed E-state index contributed by atoms with van der Waals surface area (Å²) in [7, 11) is 0. The molecular weight excluding hydrogens is 374 g/mol. The van der Waals surface area contributed by atoms with E-state index in [1.165, 1.54) is 0 Å². The van der Waals surface area contributed by atoms with Crippen LogP contribution in [-0.2, 0) is 25.8 Å². The molecule has 5 heteroatoms. The Kier molecular flexibility index (Phi) is 7.33. The third kappa shape index (κ3) is 5.54. The average molecular weight is 402 g/mol. The first kappa shape index (κ1) is 21.2. The molecule has 1 N–H and O–H groups in total. The number of aryl methyl sites for hydroxylation is 2. The van der Waals surface area contributed by atoms with Gasteiger partial charge in [0.15, 0.2) is 5.82 Å². The summed E-state index contributed by atoms with van der Waals surface area (Å²) in [5.41, 5.74) is 3.37. The predicted molar refractivity (Wildman–Crippen MR) is 119 cm³/mol. The molecule has 0 saturated carbocycles. The Balaban J connectivity index is 1.74. The molecule has 0 unspecified atom stereocenters. The Morgan fingerprint density at radius 2 is 1.63 bits per heavy atom. The van der Waals surface area contributed by atoms with Crippen LogP contribution in [0.2, 0.25) is 0 Å². The molecule has 0 aliphatic carbocycles. The molecule has 2 aromatic carbocycles. The van der Waals surface area contributed by atoms with Gasteiger partial charge in [-0.15, -0.1) is 13.2 Å². The minimum absolute atomic E-state index is 0.350. The summed E-state index contributed by atoms with van der Waals surface area (Å²) in [6.45, 7) is 8.22. The normalized spacial score (nSPS) is 10.7. The van der Waals surface area contributed by atoms with Gasteiger partial charge in [0.05, 0.1) is 12.1 Å². The first-order valence-corrected chi connectivity index (χ1v) is 10.1. The second-order valence-corrected chi connectivity index (χ2v) is 7.21. The smallest absolute Gasteiger partial charge is 0.335 e. The van der Waals surface area contributed by atoms with Crippen LogP contribution in [0.25, 0.3) is 0 Å². The largest absolute Gasteiger partial charge is 0.478 e. The van der Waals surface area contributed by atoms with Crippen molar-refractivity contribution in [3.8, 4) is 0 Å². The van der Waals surface area contributed by atoms with Gasteiger partial charge < -0.3 is 5.11 Å². The van der Waals surface area contributed by atoms with Gasteiger partial charge >= 0.3 is 5.97 Å². The van der Waals surface area contributed by atoms with Crippen molar-refractivity contribution in [2.24, 2.45) is 0 Å². The third-order valence-corrected chi connectivity index (χ3v) is 4.93. The fourth-order valence-electron chi connectivity index (χ4n) is 3.34. The summed E-state index contributed by atoms with van der Waals surface area (Å²) in [5.74, 6) is 0.914. The van der Waals surface area contributed by atoms with Crippen LogP contribution < -0.4 is 0 Å². The molecule has 0 spiro atoms. The number of aromatic nitrogens is 3. The maximum Gasteiger partial charge on any atom is 0.335 e. The lowest BCUT2D eigenvalue weighted by Gasteiger charge is -2.08. The lowest BCUT2D eigenvalue weighted by molar-refractivity contribution is 0.0696. The van der Waals surface area contributed by atoms with E-state index in [4.69, 9.17) is 0 Å². The minimum atomic E-state index is -0.896. The van der Waals surface area contributed by atoms with Gasteiger partial charge in [-0.3, -0.25) is 0 Å². The van der Waals surface area contributed by atoms with Crippen molar-refractivity contribution in [2.75, 3.05) is 0 Å². The summed E-state index contributed by atoms with van der Waals surface area (Å²) >= 11 is 0. The number of carboxylic acid groups (broad SMARTS) is 1. The zero-order chi connectivity index (χ0) is 21.3. The van der Waals surface area contributed by atoms with Gasteiger partial charge in [-0.1, -0.05) is 54.6 Å². The molecule has 0 radical (unpaired) electrons. The summed E-state index contributed by atoms with van der Waals surface area (Å²) in [6, 6.07) is 15.4. The first-order valence-electron chi connectivity index (χ1n) is 10.1. The monoisotopic (exact) mass is 401 g/mol. The van der Waals surface area contributed by atoms with E-state index in [9.17, 15) is 9.90 Å². The van der Waals surface area contributed by atoms with Crippen molar-refractivity contribution in [1.29, 1.82) is 0 Å². The van der Waals surface area contributed by atoms with E-state index < -0.39 is 5.97 Å². The second kappa shape index (κ2) is 10.3. The Bertz CT molecular complexity index is 1020. The van der Waals surface area contributed by atoms with E-state index in [1.54, 1.807) is 12.1 Å². The number of allylic oxidation sites excluding steroid dienone is 2. The van der Waals surface area contributed by atoms with Crippen LogP contribution in [0.3, 0.4) is 0 Å². The Morgan fingerprint density at radius 1 is 0.967 bits per heavy atom. The predicted octanol–water partition coefficient (Wildman–Crippen LogP) is 4.85. The molecule has 0 bridgehead atoms. The van der Waals surface area contributed by atoms with Crippen molar-refractivity contribution >= 4 is 5.97 Å². The van der Waals surface area contributed by atoms with E-state index in [0.717, 1.165) is 54.0 Å². The minimum Gasteiger partial charge on any atom is -0.478 e. The van der Waals surface area contributed by atoms with Crippen LogP contribution in [0.15, 0.2) is 73.8 Å². The molecule has 0 amide bonds. The standard InChI is InChI=1S/C25H27N3O2/c1-3-5-11-23-26-24(12-6-4-2)28(27-23)18-20-15-13-19(14-16-20)17-21-9-7-8-10-22(21)25(29)30/h3-4,7-10,13-16H,1-2,5-6,11-12,17-18H2,(H,29,30). The van der Waals surface area contributed by atoms with Gasteiger partial charge in [-0.2, -0.15) is 5.10 Å². The molecule has 1 aromatic heterocycles. The maximum atomic E-state index is 11.4. The highest BCUT2D eigenvalue weighted by molar-refractivity contribution is 5.89. The molecule has 0 atom stereocenters. The average Bonchev–Trinajstić information content (AvgIpc) is 3.13. The molecule has 5 nitrogen and oxygen atoms in total. The zero-order valence-corrected chi connectivity index (χ0v) is 17.1. The number of hydrogen-bond donors (Lipinski definition) is 1. The SMILES string of the molecule is C=CCCc1nc(CCC=C)n(Cc2ccc(Cc3ccccc3C(=O)O)cc2)n1. The Labute approximate surface area is 177 Å². The van der Waals surface area contributed by atoms with Gasteiger partial charge in [0.2, 0.25) is 0 Å². The lowest BCUT2D eigenvalue weighted by Crippen LogP contribution is -2.07. The van der Waals surface area contributed by atoms with E-state index in [-0.39, 0.29) is 0 Å². The van der Waals surface area contributed by atoms with Crippen LogP contribution in [0.5, 0.6) is 0 Å². The fourth-order valence-corrected chi connectivity index (χ4v) is 3.34. The number of carbonyl (C=O) groups is 1. The molecular formula is C25H27N3O2. The third-order valence-electron chi connectivity index (χ3n) is 4.93. The van der Waals surface area contributed by atoms with E-state index >= 15 is 0 Å². The molecule has 0 saturated heterocycles. The summed E-state index contributed by atoms with van der Waals surface area (Å²) in [5, 5.41) is 14.0. The van der Waals surface area contributed by atoms with Gasteiger partial charge in [0, 0.05) is 12.8 Å². The zero-order valence-electron chi connectivity index (χ0n) is 17.1.